The molecule has 2 aromatic carbocycles. The van der Waals surface area contributed by atoms with E-state index in [1.165, 1.54) is 0 Å². The Hall–Kier alpha value is -3.81. The van der Waals surface area contributed by atoms with Gasteiger partial charge >= 0.3 is 0 Å². The van der Waals surface area contributed by atoms with E-state index in [0.717, 1.165) is 17.7 Å². The van der Waals surface area contributed by atoms with Gasteiger partial charge in [0.05, 0.1) is 7.11 Å². The molecule has 0 aliphatic carbocycles. The van der Waals surface area contributed by atoms with E-state index in [1.807, 2.05) is 24.3 Å². The lowest BCUT2D eigenvalue weighted by Crippen LogP contribution is -2.15. The minimum absolute atomic E-state index is 0.185. The summed E-state index contributed by atoms with van der Waals surface area (Å²) < 4.78 is 15.8. The molecule has 0 radical (unpaired) electrons. The fourth-order valence-corrected chi connectivity index (χ4v) is 2.88. The molecule has 1 aliphatic rings. The van der Waals surface area contributed by atoms with Gasteiger partial charge < -0.3 is 24.8 Å². The Bertz CT molecular complexity index is 1010. The van der Waals surface area contributed by atoms with Crippen LogP contribution in [0.4, 0.5) is 11.5 Å². The number of nitrogens with one attached hydrogen (secondary N) is 2. The van der Waals surface area contributed by atoms with E-state index in [9.17, 15) is 4.79 Å². The van der Waals surface area contributed by atoms with E-state index >= 15 is 0 Å². The van der Waals surface area contributed by atoms with Crippen LogP contribution in [-0.2, 0) is 6.42 Å². The number of ether oxygens (including phenoxy) is 3. The largest absolute Gasteiger partial charge is 0.497 e. The number of nitrogens with zero attached hydrogens (tertiary/aromatic N) is 2. The number of methoxy groups -OCH3 is 1. The maximum Gasteiger partial charge on any atom is 0.276 e. The number of carbonyl (C=O) groups is 1. The highest BCUT2D eigenvalue weighted by Gasteiger charge is 2.15. The third-order valence-electron chi connectivity index (χ3n) is 4.38. The molecular formula is C21H20N4O4. The zero-order valence-electron chi connectivity index (χ0n) is 15.8. The molecule has 0 saturated carbocycles. The van der Waals surface area contributed by atoms with Gasteiger partial charge in [-0.05, 0) is 48.4 Å². The molecule has 0 fully saturated rings. The van der Waals surface area contributed by atoms with Gasteiger partial charge in [-0.25, -0.2) is 0 Å². The highest BCUT2D eigenvalue weighted by molar-refractivity contribution is 6.03. The van der Waals surface area contributed by atoms with Gasteiger partial charge in [-0.1, -0.05) is 12.1 Å². The average molecular weight is 392 g/mol. The third-order valence-corrected chi connectivity index (χ3v) is 4.38. The Labute approximate surface area is 167 Å². The molecule has 0 unspecified atom stereocenters. The summed E-state index contributed by atoms with van der Waals surface area (Å²) in [5, 5.41) is 14.0. The molecule has 1 amide bonds. The Morgan fingerprint density at radius 1 is 1.07 bits per heavy atom. The first-order valence-electron chi connectivity index (χ1n) is 9.13. The van der Waals surface area contributed by atoms with E-state index in [4.69, 9.17) is 14.2 Å². The van der Waals surface area contributed by atoms with Gasteiger partial charge in [-0.3, -0.25) is 4.79 Å². The standard InChI is InChI=1S/C21H20N4O4/c1-27-16-4-2-3-14(11-16)9-10-22-20-8-6-17(24-25-20)21(26)23-15-5-7-18-19(12-15)29-13-28-18/h2-8,11-12H,9-10,13H2,1H3,(H,22,25)(H,23,26). The van der Waals surface area contributed by atoms with Crippen LogP contribution in [0.25, 0.3) is 0 Å². The van der Waals surface area contributed by atoms with Crippen molar-refractivity contribution in [3.05, 3.63) is 65.9 Å². The number of hydrogen-bond donors (Lipinski definition) is 2. The van der Waals surface area contributed by atoms with Crippen molar-refractivity contribution >= 4 is 17.4 Å². The van der Waals surface area contributed by atoms with Gasteiger partial charge in [0, 0.05) is 18.3 Å². The number of anilines is 2. The van der Waals surface area contributed by atoms with Gasteiger partial charge in [0.25, 0.3) is 5.91 Å². The van der Waals surface area contributed by atoms with Gasteiger partial charge in [-0.15, -0.1) is 10.2 Å². The van der Waals surface area contributed by atoms with Crippen molar-refractivity contribution < 1.29 is 19.0 Å². The summed E-state index contributed by atoms with van der Waals surface area (Å²) in [7, 11) is 1.65. The zero-order chi connectivity index (χ0) is 20.1. The number of carbonyl (C=O) groups excluding carboxylic acids is 1. The molecule has 0 atom stereocenters. The fourth-order valence-electron chi connectivity index (χ4n) is 2.88. The molecule has 29 heavy (non-hydrogen) atoms. The molecule has 148 valence electrons. The molecule has 3 aromatic rings. The highest BCUT2D eigenvalue weighted by atomic mass is 16.7. The lowest BCUT2D eigenvalue weighted by atomic mass is 10.1. The second-order valence-electron chi connectivity index (χ2n) is 6.35. The summed E-state index contributed by atoms with van der Waals surface area (Å²) in [6.45, 7) is 0.870. The summed E-state index contributed by atoms with van der Waals surface area (Å²) in [4.78, 5) is 12.4. The summed E-state index contributed by atoms with van der Waals surface area (Å²) in [6, 6.07) is 16.5. The topological polar surface area (TPSA) is 94.6 Å². The monoisotopic (exact) mass is 392 g/mol. The van der Waals surface area contributed by atoms with Crippen LogP contribution in [-0.4, -0.2) is 36.6 Å². The lowest BCUT2D eigenvalue weighted by molar-refractivity contribution is 0.102. The smallest absolute Gasteiger partial charge is 0.276 e. The molecule has 0 saturated heterocycles. The SMILES string of the molecule is COc1cccc(CCNc2ccc(C(=O)Nc3ccc4c(c3)OCO4)nn2)c1. The van der Waals surface area contributed by atoms with Gasteiger partial charge in [0.2, 0.25) is 6.79 Å². The highest BCUT2D eigenvalue weighted by Crippen LogP contribution is 2.34. The van der Waals surface area contributed by atoms with E-state index < -0.39 is 0 Å². The van der Waals surface area contributed by atoms with E-state index in [-0.39, 0.29) is 18.4 Å². The van der Waals surface area contributed by atoms with Crippen molar-refractivity contribution in [2.75, 3.05) is 31.1 Å². The van der Waals surface area contributed by atoms with Gasteiger partial charge in [0.1, 0.15) is 11.6 Å². The first-order valence-corrected chi connectivity index (χ1v) is 9.13. The van der Waals surface area contributed by atoms with Crippen LogP contribution in [0.1, 0.15) is 16.1 Å². The number of rotatable bonds is 7. The second-order valence-corrected chi connectivity index (χ2v) is 6.35. The Balaban J connectivity index is 1.30. The number of fused-ring (bicyclic) bond motifs is 1. The molecular weight excluding hydrogens is 372 g/mol. The van der Waals surface area contributed by atoms with Crippen molar-refractivity contribution in [1.82, 2.24) is 10.2 Å². The van der Waals surface area contributed by atoms with E-state index in [0.29, 0.717) is 29.5 Å². The quantitative estimate of drug-likeness (QED) is 0.638. The molecule has 8 heteroatoms. The summed E-state index contributed by atoms with van der Waals surface area (Å²) in [5.41, 5.74) is 1.98. The predicted molar refractivity (Wildman–Crippen MR) is 108 cm³/mol. The van der Waals surface area contributed by atoms with Crippen molar-refractivity contribution in [2.24, 2.45) is 0 Å². The van der Waals surface area contributed by atoms with Crippen molar-refractivity contribution in [2.45, 2.75) is 6.42 Å². The Kier molecular flexibility index (Phi) is 5.42. The number of benzene rings is 2. The van der Waals surface area contributed by atoms with Crippen LogP contribution in [0, 0.1) is 0 Å². The van der Waals surface area contributed by atoms with Crippen molar-refractivity contribution in [3.8, 4) is 17.2 Å². The van der Waals surface area contributed by atoms with E-state index in [2.05, 4.69) is 20.8 Å². The maximum absolute atomic E-state index is 12.4. The van der Waals surface area contributed by atoms with Crippen LogP contribution in [0.3, 0.4) is 0 Å². The molecule has 8 nitrogen and oxygen atoms in total. The summed E-state index contributed by atoms with van der Waals surface area (Å²) in [5.74, 6) is 2.35. The van der Waals surface area contributed by atoms with Crippen molar-refractivity contribution in [1.29, 1.82) is 0 Å². The molecule has 0 bridgehead atoms. The first-order chi connectivity index (χ1) is 14.2. The predicted octanol–water partition coefficient (Wildman–Crippen LogP) is 3.12. The molecule has 2 N–H and O–H groups in total. The van der Waals surface area contributed by atoms with Crippen LogP contribution in [0.5, 0.6) is 17.2 Å². The molecule has 1 aliphatic heterocycles. The molecule has 0 spiro atoms. The van der Waals surface area contributed by atoms with Crippen LogP contribution < -0.4 is 24.8 Å². The van der Waals surface area contributed by atoms with Crippen LogP contribution in [0.15, 0.2) is 54.6 Å². The van der Waals surface area contributed by atoms with Crippen molar-refractivity contribution in [3.63, 3.8) is 0 Å². The van der Waals surface area contributed by atoms with Crippen LogP contribution in [0.2, 0.25) is 0 Å². The first kappa shape index (κ1) is 18.5. The Morgan fingerprint density at radius 2 is 1.97 bits per heavy atom. The minimum Gasteiger partial charge on any atom is -0.497 e. The van der Waals surface area contributed by atoms with Gasteiger partial charge in [0.15, 0.2) is 17.2 Å². The molecule has 1 aromatic heterocycles. The fraction of sp³-hybridized carbons (Fsp3) is 0.190. The summed E-state index contributed by atoms with van der Waals surface area (Å²) in [6.07, 6.45) is 0.811. The summed E-state index contributed by atoms with van der Waals surface area (Å²) >= 11 is 0. The second kappa shape index (κ2) is 8.47. The lowest BCUT2D eigenvalue weighted by Gasteiger charge is -2.08. The molecule has 4 rings (SSSR count). The number of aromatic nitrogens is 2. The zero-order valence-corrected chi connectivity index (χ0v) is 15.8. The minimum atomic E-state index is -0.348. The van der Waals surface area contributed by atoms with Gasteiger partial charge in [-0.2, -0.15) is 0 Å². The maximum atomic E-state index is 12.4. The third kappa shape index (κ3) is 4.55. The Morgan fingerprint density at radius 3 is 2.79 bits per heavy atom. The molecule has 2 heterocycles. The van der Waals surface area contributed by atoms with Crippen LogP contribution >= 0.6 is 0 Å². The normalized spacial score (nSPS) is 11.8. The van der Waals surface area contributed by atoms with E-state index in [1.54, 1.807) is 37.4 Å². The number of amides is 1. The number of hydrogen-bond acceptors (Lipinski definition) is 7. The average Bonchev–Trinajstić information content (AvgIpc) is 3.22.